The Hall–Kier alpha value is -3.07. The molecule has 2 fully saturated rings. The molecule has 5 nitrogen and oxygen atoms in total. The van der Waals surface area contributed by atoms with Crippen molar-refractivity contribution in [3.63, 3.8) is 0 Å². The number of carbonyl (C=O) groups excluding carboxylic acids is 1. The van der Waals surface area contributed by atoms with Gasteiger partial charge in [0.05, 0.1) is 17.2 Å². The molecule has 9 heteroatoms. The number of benzene rings is 3. The van der Waals surface area contributed by atoms with Gasteiger partial charge in [-0.1, -0.05) is 54.1 Å². The maximum absolute atomic E-state index is 15.3. The summed E-state index contributed by atoms with van der Waals surface area (Å²) < 4.78 is 49.6. The SMILES string of the molecule is O=C(N[C@H](CN1CCCC1)[C@H](O)c1ccc(OC2CC2)c(Cl)c1)C(F)(F)c1ccc(-c2ccc(F)cc2)cc1. The van der Waals surface area contributed by atoms with E-state index < -0.39 is 35.4 Å². The fourth-order valence-electron chi connectivity index (χ4n) is 4.77. The van der Waals surface area contributed by atoms with Gasteiger partial charge in [-0.3, -0.25) is 4.79 Å². The maximum atomic E-state index is 15.3. The lowest BCUT2D eigenvalue weighted by atomic mass is 9.99. The molecule has 1 saturated carbocycles. The van der Waals surface area contributed by atoms with Gasteiger partial charge >= 0.3 is 5.92 Å². The molecule has 1 heterocycles. The number of amides is 1. The molecule has 0 unspecified atom stereocenters. The first-order chi connectivity index (χ1) is 18.7. The number of nitrogens with one attached hydrogen (secondary N) is 1. The molecule has 2 aliphatic rings. The molecule has 0 spiro atoms. The van der Waals surface area contributed by atoms with E-state index in [1.165, 1.54) is 36.4 Å². The van der Waals surface area contributed by atoms with Crippen LogP contribution in [0.2, 0.25) is 5.02 Å². The molecular formula is C30H30ClF3N2O3. The van der Waals surface area contributed by atoms with Crippen LogP contribution in [0.3, 0.4) is 0 Å². The number of hydrogen-bond donors (Lipinski definition) is 2. The van der Waals surface area contributed by atoms with Crippen molar-refractivity contribution in [1.29, 1.82) is 0 Å². The van der Waals surface area contributed by atoms with Gasteiger partial charge in [0, 0.05) is 12.1 Å². The highest BCUT2D eigenvalue weighted by Gasteiger charge is 2.43. The molecule has 3 aromatic carbocycles. The maximum Gasteiger partial charge on any atom is 0.349 e. The summed E-state index contributed by atoms with van der Waals surface area (Å²) in [5.74, 6) is -5.23. The Kier molecular flexibility index (Phi) is 8.16. The first-order valence-electron chi connectivity index (χ1n) is 13.1. The Balaban J connectivity index is 1.33. The van der Waals surface area contributed by atoms with Gasteiger partial charge in [-0.25, -0.2) is 4.39 Å². The number of hydrogen-bond acceptors (Lipinski definition) is 4. The average Bonchev–Trinajstić information content (AvgIpc) is 3.61. The fraction of sp³-hybridized carbons (Fsp3) is 0.367. The largest absolute Gasteiger partial charge is 0.489 e. The molecule has 2 atom stereocenters. The minimum atomic E-state index is -3.84. The van der Waals surface area contributed by atoms with Gasteiger partial charge in [0.1, 0.15) is 17.7 Å². The highest BCUT2D eigenvalue weighted by atomic mass is 35.5. The number of halogens is 4. The molecule has 0 aromatic heterocycles. The topological polar surface area (TPSA) is 61.8 Å². The molecule has 2 N–H and O–H groups in total. The number of likely N-dealkylation sites (tertiary alicyclic amines) is 1. The number of carbonyl (C=O) groups is 1. The summed E-state index contributed by atoms with van der Waals surface area (Å²) >= 11 is 6.37. The minimum absolute atomic E-state index is 0.146. The van der Waals surface area contributed by atoms with E-state index in [1.807, 2.05) is 4.90 Å². The van der Waals surface area contributed by atoms with Crippen LogP contribution in [0.15, 0.2) is 66.7 Å². The predicted octanol–water partition coefficient (Wildman–Crippen LogP) is 6.09. The summed E-state index contributed by atoms with van der Waals surface area (Å²) in [6, 6.07) is 14.8. The molecule has 5 rings (SSSR count). The Morgan fingerprint density at radius 2 is 1.64 bits per heavy atom. The summed E-state index contributed by atoms with van der Waals surface area (Å²) in [4.78, 5) is 15.0. The van der Waals surface area contributed by atoms with Gasteiger partial charge in [0.2, 0.25) is 0 Å². The zero-order valence-corrected chi connectivity index (χ0v) is 22.0. The van der Waals surface area contributed by atoms with Crippen molar-refractivity contribution in [2.75, 3.05) is 19.6 Å². The molecule has 39 heavy (non-hydrogen) atoms. The summed E-state index contributed by atoms with van der Waals surface area (Å²) in [6.07, 6.45) is 2.74. The van der Waals surface area contributed by atoms with Crippen molar-refractivity contribution in [3.8, 4) is 16.9 Å². The van der Waals surface area contributed by atoms with Crippen LogP contribution in [0.1, 0.15) is 42.9 Å². The lowest BCUT2D eigenvalue weighted by molar-refractivity contribution is -0.149. The lowest BCUT2D eigenvalue weighted by Crippen LogP contribution is -2.50. The number of nitrogens with zero attached hydrogens (tertiary/aromatic N) is 1. The molecule has 206 valence electrons. The zero-order chi connectivity index (χ0) is 27.6. The van der Waals surface area contributed by atoms with Gasteiger partial charge in [0.25, 0.3) is 5.91 Å². The van der Waals surface area contributed by atoms with Crippen LogP contribution in [-0.2, 0) is 10.7 Å². The van der Waals surface area contributed by atoms with Crippen molar-refractivity contribution in [3.05, 3.63) is 88.7 Å². The average molecular weight is 559 g/mol. The summed E-state index contributed by atoms with van der Waals surface area (Å²) in [5, 5.41) is 13.9. The Labute approximate surface area is 230 Å². The smallest absolute Gasteiger partial charge is 0.349 e. The summed E-state index contributed by atoms with van der Waals surface area (Å²) in [5.41, 5.74) is 1.20. The molecule has 0 radical (unpaired) electrons. The third-order valence-corrected chi connectivity index (χ3v) is 7.47. The van der Waals surface area contributed by atoms with Crippen LogP contribution >= 0.6 is 11.6 Å². The van der Waals surface area contributed by atoms with E-state index in [0.29, 0.717) is 27.5 Å². The lowest BCUT2D eigenvalue weighted by Gasteiger charge is -2.30. The zero-order valence-electron chi connectivity index (χ0n) is 21.3. The van der Waals surface area contributed by atoms with Crippen molar-refractivity contribution in [2.24, 2.45) is 0 Å². The van der Waals surface area contributed by atoms with Gasteiger partial charge in [0.15, 0.2) is 0 Å². The monoisotopic (exact) mass is 558 g/mol. The van der Waals surface area contributed by atoms with Crippen molar-refractivity contribution >= 4 is 17.5 Å². The van der Waals surface area contributed by atoms with Gasteiger partial charge in [-0.2, -0.15) is 8.78 Å². The number of ether oxygens (including phenoxy) is 1. The van der Waals surface area contributed by atoms with Crippen LogP contribution in [0, 0.1) is 5.82 Å². The summed E-state index contributed by atoms with van der Waals surface area (Å²) in [6.45, 7) is 1.73. The fourth-order valence-corrected chi connectivity index (χ4v) is 5.00. The quantitative estimate of drug-likeness (QED) is 0.316. The standard InChI is InChI=1S/C30H30ClF3N2O3/c31-25-17-21(7-14-27(25)39-24-12-13-24)28(37)26(18-36-15-1-2-16-36)35-29(38)30(33,34)22-8-3-19(4-9-22)20-5-10-23(32)11-6-20/h3-11,14,17,24,26,28,37H,1-2,12-13,15-16,18H2,(H,35,38)/t26-,28-/m1/s1. The van der Waals surface area contributed by atoms with E-state index in [2.05, 4.69) is 5.32 Å². The molecule has 1 aliphatic heterocycles. The van der Waals surface area contributed by atoms with Crippen LogP contribution in [0.5, 0.6) is 5.75 Å². The van der Waals surface area contributed by atoms with E-state index in [4.69, 9.17) is 16.3 Å². The van der Waals surface area contributed by atoms with Crippen LogP contribution in [0.25, 0.3) is 11.1 Å². The van der Waals surface area contributed by atoms with E-state index in [-0.39, 0.29) is 12.6 Å². The van der Waals surface area contributed by atoms with Crippen LogP contribution in [0.4, 0.5) is 13.2 Å². The highest BCUT2D eigenvalue weighted by molar-refractivity contribution is 6.32. The molecule has 3 aromatic rings. The Morgan fingerprint density at radius 3 is 2.23 bits per heavy atom. The third-order valence-electron chi connectivity index (χ3n) is 7.18. The van der Waals surface area contributed by atoms with Crippen LogP contribution in [-0.4, -0.2) is 47.7 Å². The molecule has 0 bridgehead atoms. The second-order valence-electron chi connectivity index (χ2n) is 10.2. The van der Waals surface area contributed by atoms with E-state index in [9.17, 15) is 14.3 Å². The number of rotatable bonds is 10. The van der Waals surface area contributed by atoms with Gasteiger partial charge in [-0.05, 0) is 79.7 Å². The van der Waals surface area contributed by atoms with Gasteiger partial charge in [-0.15, -0.1) is 0 Å². The molecule has 1 amide bonds. The summed E-state index contributed by atoms with van der Waals surface area (Å²) in [7, 11) is 0. The second-order valence-corrected chi connectivity index (χ2v) is 10.6. The van der Waals surface area contributed by atoms with E-state index in [1.54, 1.807) is 30.3 Å². The Morgan fingerprint density at radius 1 is 1.03 bits per heavy atom. The molecule has 1 aliphatic carbocycles. The first-order valence-corrected chi connectivity index (χ1v) is 13.5. The molecule has 1 saturated heterocycles. The number of alkyl halides is 2. The number of aliphatic hydroxyl groups is 1. The van der Waals surface area contributed by atoms with Crippen molar-refractivity contribution < 1.29 is 27.8 Å². The van der Waals surface area contributed by atoms with Crippen molar-refractivity contribution in [2.45, 2.75) is 49.9 Å². The minimum Gasteiger partial charge on any atom is -0.489 e. The second kappa shape index (κ2) is 11.6. The predicted molar refractivity (Wildman–Crippen MR) is 143 cm³/mol. The van der Waals surface area contributed by atoms with E-state index >= 15 is 8.78 Å². The van der Waals surface area contributed by atoms with Crippen molar-refractivity contribution in [1.82, 2.24) is 10.2 Å². The molecular weight excluding hydrogens is 529 g/mol. The van der Waals surface area contributed by atoms with E-state index in [0.717, 1.165) is 38.8 Å². The van der Waals surface area contributed by atoms with Gasteiger partial charge < -0.3 is 20.1 Å². The third kappa shape index (κ3) is 6.57. The normalized spacial score (nSPS) is 17.6. The first kappa shape index (κ1) is 27.5. The Bertz CT molecular complexity index is 1290. The van der Waals surface area contributed by atoms with Crippen LogP contribution < -0.4 is 10.1 Å². The number of aliphatic hydroxyl groups excluding tert-OH is 1. The highest BCUT2D eigenvalue weighted by Crippen LogP contribution is 2.35.